The molecule has 5 nitrogen and oxygen atoms in total. The molecule has 90 valence electrons. The van der Waals surface area contributed by atoms with Crippen molar-refractivity contribution in [2.45, 2.75) is 6.04 Å². The van der Waals surface area contributed by atoms with Gasteiger partial charge in [-0.05, 0) is 17.7 Å². The fraction of sp³-hybridized carbons (Fsp3) is 0.333. The van der Waals surface area contributed by atoms with Crippen molar-refractivity contribution in [2.24, 2.45) is 0 Å². The van der Waals surface area contributed by atoms with E-state index >= 15 is 0 Å². The van der Waals surface area contributed by atoms with Crippen molar-refractivity contribution < 1.29 is 14.3 Å². The van der Waals surface area contributed by atoms with Crippen molar-refractivity contribution in [3.8, 4) is 5.75 Å². The summed E-state index contributed by atoms with van der Waals surface area (Å²) in [5, 5.41) is 2.68. The lowest BCUT2D eigenvalue weighted by Crippen LogP contribution is -2.51. The summed E-state index contributed by atoms with van der Waals surface area (Å²) in [5.74, 6) is 0.472. The number of nitrogens with one attached hydrogen (secondary N) is 1. The van der Waals surface area contributed by atoms with Gasteiger partial charge in [-0.15, -0.1) is 0 Å². The fourth-order valence-electron chi connectivity index (χ4n) is 1.80. The van der Waals surface area contributed by atoms with Crippen LogP contribution in [0.2, 0.25) is 0 Å². The molecule has 2 amide bonds. The van der Waals surface area contributed by atoms with E-state index < -0.39 is 6.04 Å². The predicted octanol–water partition coefficient (Wildman–Crippen LogP) is 0.324. The third kappa shape index (κ3) is 2.22. The highest BCUT2D eigenvalue weighted by atomic mass is 16.5. The number of ether oxygens (including phenoxy) is 1. The highest BCUT2D eigenvalue weighted by Gasteiger charge is 2.31. The summed E-state index contributed by atoms with van der Waals surface area (Å²) in [4.78, 5) is 24.7. The number of likely N-dealkylation sites (N-methyl/N-ethyl adjacent to an activating group) is 1. The standard InChI is InChI=1S/C12H14N2O3/c1-14-7-10(15)13-11(12(14)16)8-3-5-9(17-2)6-4-8/h3-6,11H,7H2,1-2H3,(H,13,15)/t11-/m1/s1. The van der Waals surface area contributed by atoms with Gasteiger partial charge in [-0.1, -0.05) is 12.1 Å². The van der Waals surface area contributed by atoms with Crippen molar-refractivity contribution in [1.82, 2.24) is 10.2 Å². The summed E-state index contributed by atoms with van der Waals surface area (Å²) in [7, 11) is 3.20. The number of hydrogen-bond donors (Lipinski definition) is 1. The van der Waals surface area contributed by atoms with Crippen LogP contribution in [0.4, 0.5) is 0 Å². The molecule has 2 rings (SSSR count). The Hall–Kier alpha value is -2.04. The average molecular weight is 234 g/mol. The average Bonchev–Trinajstić information content (AvgIpc) is 2.34. The molecule has 0 spiro atoms. The Morgan fingerprint density at radius 2 is 1.94 bits per heavy atom. The molecule has 1 atom stereocenters. The number of benzene rings is 1. The number of rotatable bonds is 2. The Morgan fingerprint density at radius 1 is 1.29 bits per heavy atom. The molecular weight excluding hydrogens is 220 g/mol. The lowest BCUT2D eigenvalue weighted by atomic mass is 10.0. The molecule has 1 aromatic carbocycles. The molecule has 1 heterocycles. The summed E-state index contributed by atoms with van der Waals surface area (Å²) >= 11 is 0. The van der Waals surface area contributed by atoms with Crippen molar-refractivity contribution in [1.29, 1.82) is 0 Å². The van der Waals surface area contributed by atoms with Gasteiger partial charge in [-0.3, -0.25) is 9.59 Å². The van der Waals surface area contributed by atoms with E-state index in [9.17, 15) is 9.59 Å². The number of carbonyl (C=O) groups excluding carboxylic acids is 2. The molecule has 0 saturated carbocycles. The van der Waals surface area contributed by atoms with Crippen LogP contribution in [0, 0.1) is 0 Å². The van der Waals surface area contributed by atoms with E-state index in [2.05, 4.69) is 5.32 Å². The minimum absolute atomic E-state index is 0.102. The molecule has 1 aromatic rings. The predicted molar refractivity (Wildman–Crippen MR) is 61.5 cm³/mol. The molecule has 1 aliphatic heterocycles. The molecule has 1 aliphatic rings. The largest absolute Gasteiger partial charge is 0.497 e. The fourth-order valence-corrected chi connectivity index (χ4v) is 1.80. The van der Waals surface area contributed by atoms with E-state index in [1.165, 1.54) is 4.90 Å². The van der Waals surface area contributed by atoms with E-state index in [1.54, 1.807) is 38.4 Å². The van der Waals surface area contributed by atoms with Gasteiger partial charge in [0.1, 0.15) is 11.8 Å². The maximum atomic E-state index is 11.9. The third-order valence-electron chi connectivity index (χ3n) is 2.76. The quantitative estimate of drug-likeness (QED) is 0.802. The topological polar surface area (TPSA) is 58.6 Å². The first-order chi connectivity index (χ1) is 8.11. The molecule has 17 heavy (non-hydrogen) atoms. The van der Waals surface area contributed by atoms with Gasteiger partial charge in [0.15, 0.2) is 0 Å². The van der Waals surface area contributed by atoms with Crippen molar-refractivity contribution in [3.05, 3.63) is 29.8 Å². The molecular formula is C12H14N2O3. The molecule has 0 unspecified atom stereocenters. The Labute approximate surface area is 99.4 Å². The van der Waals surface area contributed by atoms with Crippen LogP contribution in [0.1, 0.15) is 11.6 Å². The molecule has 1 fully saturated rings. The normalized spacial score (nSPS) is 20.1. The minimum atomic E-state index is -0.591. The van der Waals surface area contributed by atoms with Gasteiger partial charge in [-0.2, -0.15) is 0 Å². The summed E-state index contributed by atoms with van der Waals surface area (Å²) in [6.45, 7) is 0.117. The van der Waals surface area contributed by atoms with Crippen LogP contribution < -0.4 is 10.1 Å². The Kier molecular flexibility index (Phi) is 2.99. The van der Waals surface area contributed by atoms with E-state index in [1.807, 2.05) is 0 Å². The molecule has 5 heteroatoms. The summed E-state index contributed by atoms with van der Waals surface area (Å²) < 4.78 is 5.04. The van der Waals surface area contributed by atoms with Gasteiger partial charge in [0.2, 0.25) is 11.8 Å². The first-order valence-electron chi connectivity index (χ1n) is 5.30. The molecule has 0 bridgehead atoms. The number of amides is 2. The Morgan fingerprint density at radius 3 is 2.53 bits per heavy atom. The van der Waals surface area contributed by atoms with Gasteiger partial charge >= 0.3 is 0 Å². The zero-order valence-corrected chi connectivity index (χ0v) is 9.77. The molecule has 1 saturated heterocycles. The maximum Gasteiger partial charge on any atom is 0.250 e. The number of piperazine rings is 1. The van der Waals surface area contributed by atoms with E-state index in [4.69, 9.17) is 4.74 Å². The second kappa shape index (κ2) is 4.45. The highest BCUT2D eigenvalue weighted by Crippen LogP contribution is 2.21. The highest BCUT2D eigenvalue weighted by molar-refractivity contribution is 5.95. The van der Waals surface area contributed by atoms with Crippen LogP contribution in [0.25, 0.3) is 0 Å². The van der Waals surface area contributed by atoms with E-state index in [0.717, 1.165) is 11.3 Å². The zero-order valence-electron chi connectivity index (χ0n) is 9.77. The second-order valence-corrected chi connectivity index (χ2v) is 3.97. The zero-order chi connectivity index (χ0) is 12.4. The van der Waals surface area contributed by atoms with E-state index in [-0.39, 0.29) is 18.4 Å². The van der Waals surface area contributed by atoms with Crippen LogP contribution in [0.15, 0.2) is 24.3 Å². The van der Waals surface area contributed by atoms with Crippen LogP contribution in [-0.2, 0) is 9.59 Å². The number of nitrogens with zero attached hydrogens (tertiary/aromatic N) is 1. The monoisotopic (exact) mass is 234 g/mol. The van der Waals surface area contributed by atoms with Gasteiger partial charge in [0.05, 0.1) is 13.7 Å². The summed E-state index contributed by atoms with van der Waals surface area (Å²) in [6, 6.07) is 6.50. The van der Waals surface area contributed by atoms with Gasteiger partial charge in [0.25, 0.3) is 0 Å². The second-order valence-electron chi connectivity index (χ2n) is 3.97. The number of carbonyl (C=O) groups is 2. The van der Waals surface area contributed by atoms with Crippen LogP contribution >= 0.6 is 0 Å². The van der Waals surface area contributed by atoms with E-state index in [0.29, 0.717) is 0 Å². The molecule has 0 radical (unpaired) electrons. The SMILES string of the molecule is COc1ccc([C@H]2NC(=O)CN(C)C2=O)cc1. The van der Waals surface area contributed by atoms with Crippen molar-refractivity contribution in [3.63, 3.8) is 0 Å². The number of hydrogen-bond acceptors (Lipinski definition) is 3. The molecule has 0 aliphatic carbocycles. The lowest BCUT2D eigenvalue weighted by Gasteiger charge is -2.29. The van der Waals surface area contributed by atoms with Crippen molar-refractivity contribution in [2.75, 3.05) is 20.7 Å². The third-order valence-corrected chi connectivity index (χ3v) is 2.76. The first-order valence-corrected chi connectivity index (χ1v) is 5.30. The summed E-state index contributed by atoms with van der Waals surface area (Å²) in [6.07, 6.45) is 0. The lowest BCUT2D eigenvalue weighted by molar-refractivity contribution is -0.143. The molecule has 0 aromatic heterocycles. The van der Waals surface area contributed by atoms with Crippen molar-refractivity contribution >= 4 is 11.8 Å². The van der Waals surface area contributed by atoms with Crippen LogP contribution in [0.5, 0.6) is 5.75 Å². The minimum Gasteiger partial charge on any atom is -0.497 e. The first kappa shape index (κ1) is 11.4. The smallest absolute Gasteiger partial charge is 0.250 e. The summed E-state index contributed by atoms with van der Waals surface area (Å²) in [5.41, 5.74) is 0.760. The maximum absolute atomic E-state index is 11.9. The Bertz CT molecular complexity index is 442. The van der Waals surface area contributed by atoms with Gasteiger partial charge in [0, 0.05) is 7.05 Å². The molecule has 1 N–H and O–H groups in total. The Balaban J connectivity index is 2.25. The number of methoxy groups -OCH3 is 1. The van der Waals surface area contributed by atoms with Gasteiger partial charge < -0.3 is 15.0 Å². The van der Waals surface area contributed by atoms with Crippen LogP contribution in [0.3, 0.4) is 0 Å². The van der Waals surface area contributed by atoms with Gasteiger partial charge in [-0.25, -0.2) is 0 Å². The van der Waals surface area contributed by atoms with Crippen LogP contribution in [-0.4, -0.2) is 37.4 Å².